The molecular weight excluding hydrogens is 191 g/mol. The van der Waals surface area contributed by atoms with Crippen LogP contribution in [0.5, 0.6) is 11.5 Å². The number of hydrogen-bond acceptors (Lipinski definition) is 3. The third-order valence-electron chi connectivity index (χ3n) is 1.54. The van der Waals surface area contributed by atoms with Gasteiger partial charge < -0.3 is 14.4 Å². The Labute approximate surface area is 77.8 Å². The van der Waals surface area contributed by atoms with E-state index in [9.17, 15) is 4.79 Å². The summed E-state index contributed by atoms with van der Waals surface area (Å²) in [5.41, 5.74) is 0.165. The molecule has 1 aromatic rings. The van der Waals surface area contributed by atoms with Gasteiger partial charge in [0.05, 0.1) is 22.1 Å². The van der Waals surface area contributed by atoms with Crippen molar-refractivity contribution in [2.24, 2.45) is 0 Å². The van der Waals surface area contributed by atoms with E-state index in [4.69, 9.17) is 14.4 Å². The van der Waals surface area contributed by atoms with E-state index in [1.54, 1.807) is 6.07 Å². The largest absolute Gasteiger partial charge is 0.493 e. The quantitative estimate of drug-likeness (QED) is 0.752. The van der Waals surface area contributed by atoms with Crippen LogP contribution in [0.3, 0.4) is 0 Å². The van der Waals surface area contributed by atoms with Gasteiger partial charge in [0.15, 0.2) is 11.5 Å². The fourth-order valence-corrected chi connectivity index (χ4v) is 1.09. The molecule has 0 radical (unpaired) electrons. The minimum Gasteiger partial charge on any atom is -0.493 e. The molecule has 1 atom stereocenters. The SMILES string of the molecule is COc1ccc(C(=O)O)cc1OP. The fraction of sp³-hybridized carbons (Fsp3) is 0.125. The maximum Gasteiger partial charge on any atom is 0.335 e. The van der Waals surface area contributed by atoms with Crippen LogP contribution in [0.25, 0.3) is 0 Å². The zero-order chi connectivity index (χ0) is 9.84. The zero-order valence-corrected chi connectivity index (χ0v) is 8.14. The van der Waals surface area contributed by atoms with Crippen molar-refractivity contribution in [3.8, 4) is 11.5 Å². The lowest BCUT2D eigenvalue weighted by molar-refractivity contribution is 0.0696. The molecule has 0 spiro atoms. The van der Waals surface area contributed by atoms with Crippen LogP contribution in [0.4, 0.5) is 0 Å². The highest BCUT2D eigenvalue weighted by molar-refractivity contribution is 7.10. The van der Waals surface area contributed by atoms with Crippen molar-refractivity contribution in [2.75, 3.05) is 7.11 Å². The van der Waals surface area contributed by atoms with Gasteiger partial charge in [0.2, 0.25) is 0 Å². The van der Waals surface area contributed by atoms with Crippen molar-refractivity contribution in [2.45, 2.75) is 0 Å². The van der Waals surface area contributed by atoms with Gasteiger partial charge >= 0.3 is 5.97 Å². The molecule has 5 heteroatoms. The van der Waals surface area contributed by atoms with Gasteiger partial charge in [-0.25, -0.2) is 4.79 Å². The predicted octanol–water partition coefficient (Wildman–Crippen LogP) is 1.56. The van der Waals surface area contributed by atoms with Gasteiger partial charge in [-0.2, -0.15) is 0 Å². The van der Waals surface area contributed by atoms with E-state index < -0.39 is 5.97 Å². The minimum atomic E-state index is -0.994. The maximum absolute atomic E-state index is 10.6. The topological polar surface area (TPSA) is 55.8 Å². The van der Waals surface area contributed by atoms with E-state index in [2.05, 4.69) is 0 Å². The Balaban J connectivity index is 3.13. The summed E-state index contributed by atoms with van der Waals surface area (Å²) in [5, 5.41) is 8.67. The minimum absolute atomic E-state index is 0.165. The Kier molecular flexibility index (Phi) is 3.09. The summed E-state index contributed by atoms with van der Waals surface area (Å²) in [5.74, 6) is -0.113. The van der Waals surface area contributed by atoms with Crippen LogP contribution in [-0.2, 0) is 0 Å². The van der Waals surface area contributed by atoms with Crippen molar-refractivity contribution in [3.63, 3.8) is 0 Å². The Morgan fingerprint density at radius 2 is 2.15 bits per heavy atom. The van der Waals surface area contributed by atoms with Gasteiger partial charge in [0.25, 0.3) is 0 Å². The summed E-state index contributed by atoms with van der Waals surface area (Å²) in [6.45, 7) is 0. The van der Waals surface area contributed by atoms with Gasteiger partial charge in [0.1, 0.15) is 0 Å². The number of hydrogen-bond donors (Lipinski definition) is 1. The highest BCUT2D eigenvalue weighted by Gasteiger charge is 2.08. The third kappa shape index (κ3) is 2.10. The number of carboxylic acids is 1. The lowest BCUT2D eigenvalue weighted by Crippen LogP contribution is -1.97. The van der Waals surface area contributed by atoms with Crippen LogP contribution < -0.4 is 9.26 Å². The molecule has 0 fully saturated rings. The van der Waals surface area contributed by atoms with Crippen molar-refractivity contribution in [1.29, 1.82) is 0 Å². The first-order chi connectivity index (χ1) is 6.19. The summed E-state index contributed by atoms with van der Waals surface area (Å²) in [6.07, 6.45) is 0. The van der Waals surface area contributed by atoms with Crippen LogP contribution >= 0.6 is 9.47 Å². The average Bonchev–Trinajstić information content (AvgIpc) is 2.16. The first-order valence-electron chi connectivity index (χ1n) is 3.47. The normalized spacial score (nSPS) is 9.38. The second kappa shape index (κ2) is 4.10. The Morgan fingerprint density at radius 3 is 2.62 bits per heavy atom. The van der Waals surface area contributed by atoms with E-state index in [-0.39, 0.29) is 5.56 Å². The van der Waals surface area contributed by atoms with Gasteiger partial charge in [0, 0.05) is 0 Å². The lowest BCUT2D eigenvalue weighted by Gasteiger charge is -2.06. The number of ether oxygens (including phenoxy) is 1. The van der Waals surface area contributed by atoms with Crippen LogP contribution in [0.15, 0.2) is 18.2 Å². The predicted molar refractivity (Wildman–Crippen MR) is 50.3 cm³/mol. The van der Waals surface area contributed by atoms with Crippen molar-refractivity contribution in [1.82, 2.24) is 0 Å². The highest BCUT2D eigenvalue weighted by atomic mass is 31.0. The molecule has 0 saturated carbocycles. The number of rotatable bonds is 3. The van der Waals surface area contributed by atoms with E-state index in [1.165, 1.54) is 19.2 Å². The van der Waals surface area contributed by atoms with Crippen molar-refractivity contribution >= 4 is 15.4 Å². The third-order valence-corrected chi connectivity index (χ3v) is 1.79. The first kappa shape index (κ1) is 9.81. The summed E-state index contributed by atoms with van der Waals surface area (Å²) in [4.78, 5) is 10.6. The summed E-state index contributed by atoms with van der Waals surface area (Å²) < 4.78 is 9.80. The lowest BCUT2D eigenvalue weighted by atomic mass is 10.2. The molecule has 0 amide bonds. The van der Waals surface area contributed by atoms with Crippen molar-refractivity contribution < 1.29 is 19.2 Å². The molecule has 0 heterocycles. The van der Waals surface area contributed by atoms with Gasteiger partial charge in [-0.15, -0.1) is 0 Å². The summed E-state index contributed by atoms with van der Waals surface area (Å²) >= 11 is 0. The molecule has 70 valence electrons. The second-order valence-electron chi connectivity index (χ2n) is 2.29. The molecule has 0 aromatic heterocycles. The van der Waals surface area contributed by atoms with E-state index in [0.717, 1.165) is 0 Å². The Hall–Kier alpha value is -1.28. The smallest absolute Gasteiger partial charge is 0.335 e. The molecule has 0 aliphatic carbocycles. The van der Waals surface area contributed by atoms with E-state index in [0.29, 0.717) is 11.5 Å². The maximum atomic E-state index is 10.6. The molecule has 1 unspecified atom stereocenters. The monoisotopic (exact) mass is 200 g/mol. The first-order valence-corrected chi connectivity index (χ1v) is 3.94. The molecule has 0 bridgehead atoms. The van der Waals surface area contributed by atoms with Crippen LogP contribution in [0.2, 0.25) is 0 Å². The van der Waals surface area contributed by atoms with E-state index in [1.807, 2.05) is 9.47 Å². The van der Waals surface area contributed by atoms with Crippen LogP contribution in [0, 0.1) is 0 Å². The van der Waals surface area contributed by atoms with Crippen LogP contribution in [0.1, 0.15) is 10.4 Å². The van der Waals surface area contributed by atoms with Gasteiger partial charge in [-0.05, 0) is 18.2 Å². The number of carbonyl (C=O) groups is 1. The fourth-order valence-electron chi connectivity index (χ4n) is 0.902. The van der Waals surface area contributed by atoms with E-state index >= 15 is 0 Å². The number of aromatic carboxylic acids is 1. The Bertz CT molecular complexity index is 324. The highest BCUT2D eigenvalue weighted by Crippen LogP contribution is 2.29. The molecule has 1 aromatic carbocycles. The average molecular weight is 200 g/mol. The molecular formula is C8H9O4P. The second-order valence-corrected chi connectivity index (χ2v) is 2.52. The molecule has 0 aliphatic heterocycles. The zero-order valence-electron chi connectivity index (χ0n) is 6.98. The van der Waals surface area contributed by atoms with Gasteiger partial charge in [-0.1, -0.05) is 0 Å². The standard InChI is InChI=1S/C8H9O4P/c1-11-6-3-2-5(8(9)10)4-7(6)12-13/h2-4H,13H2,1H3,(H,9,10). The molecule has 13 heavy (non-hydrogen) atoms. The Morgan fingerprint density at radius 1 is 1.46 bits per heavy atom. The number of carboxylic acid groups (broad SMARTS) is 1. The summed E-state index contributed by atoms with van der Waals surface area (Å²) in [7, 11) is 3.53. The molecule has 1 N–H and O–H groups in total. The molecule has 0 saturated heterocycles. The van der Waals surface area contributed by atoms with Gasteiger partial charge in [-0.3, -0.25) is 0 Å². The molecule has 4 nitrogen and oxygen atoms in total. The number of benzene rings is 1. The molecule has 1 rings (SSSR count). The van der Waals surface area contributed by atoms with Crippen LogP contribution in [-0.4, -0.2) is 18.2 Å². The summed E-state index contributed by atoms with van der Waals surface area (Å²) in [6, 6.07) is 4.39. The molecule has 0 aliphatic rings. The van der Waals surface area contributed by atoms with Crippen molar-refractivity contribution in [3.05, 3.63) is 23.8 Å². The number of methoxy groups -OCH3 is 1.